The van der Waals surface area contributed by atoms with Gasteiger partial charge in [-0.1, -0.05) is 19.9 Å². The van der Waals surface area contributed by atoms with Crippen molar-refractivity contribution in [2.24, 2.45) is 5.41 Å². The van der Waals surface area contributed by atoms with Crippen LogP contribution in [0.3, 0.4) is 0 Å². The molecule has 4 heteroatoms. The van der Waals surface area contributed by atoms with E-state index in [9.17, 15) is 13.9 Å². The van der Waals surface area contributed by atoms with Crippen molar-refractivity contribution in [3.05, 3.63) is 35.4 Å². The molecule has 0 spiro atoms. The Bertz CT molecular complexity index is 441. The first kappa shape index (κ1) is 14.4. The number of aliphatic hydroxyl groups excluding tert-OH is 1. The molecule has 19 heavy (non-hydrogen) atoms. The normalized spacial score (nSPS) is 26.8. The highest BCUT2D eigenvalue weighted by atomic mass is 19.1. The van der Waals surface area contributed by atoms with E-state index in [1.165, 1.54) is 18.2 Å². The van der Waals surface area contributed by atoms with E-state index in [4.69, 9.17) is 0 Å². The molecule has 1 aromatic carbocycles. The maximum Gasteiger partial charge on any atom is 0.129 e. The number of rotatable bonds is 4. The lowest BCUT2D eigenvalue weighted by molar-refractivity contribution is -0.0753. The largest absolute Gasteiger partial charge is 0.392 e. The van der Waals surface area contributed by atoms with Crippen LogP contribution in [0.15, 0.2) is 18.2 Å². The summed E-state index contributed by atoms with van der Waals surface area (Å²) in [5, 5.41) is 13.0. The van der Waals surface area contributed by atoms with E-state index in [1.807, 2.05) is 20.8 Å². The summed E-state index contributed by atoms with van der Waals surface area (Å²) in [5.41, 5.74) is -0.0534. The van der Waals surface area contributed by atoms with Crippen LogP contribution in [0, 0.1) is 17.0 Å². The summed E-state index contributed by atoms with van der Waals surface area (Å²) in [4.78, 5) is 0. The fourth-order valence-corrected chi connectivity index (χ4v) is 2.62. The van der Waals surface area contributed by atoms with Crippen LogP contribution >= 0.6 is 0 Å². The molecule has 1 saturated carbocycles. The monoisotopic (exact) mass is 269 g/mol. The summed E-state index contributed by atoms with van der Waals surface area (Å²) < 4.78 is 27.1. The molecule has 0 radical (unpaired) electrons. The van der Waals surface area contributed by atoms with E-state index >= 15 is 0 Å². The fraction of sp³-hybridized carbons (Fsp3) is 0.600. The zero-order chi connectivity index (χ0) is 14.2. The maximum atomic E-state index is 13.6. The SMILES string of the molecule is CC(Cc1c(F)cccc1F)NC1CC(O)C1(C)C. The van der Waals surface area contributed by atoms with Gasteiger partial charge in [-0.25, -0.2) is 8.78 Å². The van der Waals surface area contributed by atoms with Gasteiger partial charge in [0.15, 0.2) is 0 Å². The maximum absolute atomic E-state index is 13.6. The molecule has 3 unspecified atom stereocenters. The molecule has 1 aliphatic carbocycles. The van der Waals surface area contributed by atoms with Gasteiger partial charge in [-0.05, 0) is 31.9 Å². The number of nitrogens with one attached hydrogen (secondary N) is 1. The quantitative estimate of drug-likeness (QED) is 0.880. The van der Waals surface area contributed by atoms with Crippen molar-refractivity contribution in [2.45, 2.75) is 51.8 Å². The number of hydrogen-bond donors (Lipinski definition) is 2. The molecule has 0 aliphatic heterocycles. The zero-order valence-corrected chi connectivity index (χ0v) is 11.6. The van der Waals surface area contributed by atoms with E-state index in [2.05, 4.69) is 5.32 Å². The summed E-state index contributed by atoms with van der Waals surface area (Å²) in [5.74, 6) is -0.997. The van der Waals surface area contributed by atoms with Gasteiger partial charge in [-0.3, -0.25) is 0 Å². The molecule has 0 aromatic heterocycles. The van der Waals surface area contributed by atoms with Crippen molar-refractivity contribution < 1.29 is 13.9 Å². The van der Waals surface area contributed by atoms with Crippen LogP contribution in [0.25, 0.3) is 0 Å². The average Bonchev–Trinajstić information content (AvgIpc) is 2.34. The van der Waals surface area contributed by atoms with E-state index in [1.54, 1.807) is 0 Å². The minimum atomic E-state index is -0.499. The van der Waals surface area contributed by atoms with Crippen molar-refractivity contribution in [1.82, 2.24) is 5.32 Å². The Balaban J connectivity index is 1.97. The second-order valence-corrected chi connectivity index (χ2v) is 6.10. The van der Waals surface area contributed by atoms with Gasteiger partial charge in [0.1, 0.15) is 11.6 Å². The smallest absolute Gasteiger partial charge is 0.129 e. The van der Waals surface area contributed by atoms with Crippen molar-refractivity contribution in [1.29, 1.82) is 0 Å². The van der Waals surface area contributed by atoms with E-state index in [0.29, 0.717) is 12.8 Å². The summed E-state index contributed by atoms with van der Waals surface area (Å²) in [6.07, 6.45) is 0.695. The van der Waals surface area contributed by atoms with Crippen LogP contribution < -0.4 is 5.32 Å². The molecular weight excluding hydrogens is 248 g/mol. The molecule has 2 rings (SSSR count). The molecule has 0 amide bonds. The summed E-state index contributed by atoms with van der Waals surface area (Å²) in [6, 6.07) is 4.08. The number of halogens is 2. The first-order valence-electron chi connectivity index (χ1n) is 6.69. The predicted octanol–water partition coefficient (Wildman–Crippen LogP) is 2.64. The first-order valence-corrected chi connectivity index (χ1v) is 6.69. The fourth-order valence-electron chi connectivity index (χ4n) is 2.62. The summed E-state index contributed by atoms with van der Waals surface area (Å²) >= 11 is 0. The van der Waals surface area contributed by atoms with Gasteiger partial charge in [0, 0.05) is 23.1 Å². The molecule has 1 fully saturated rings. The highest BCUT2D eigenvalue weighted by Gasteiger charge is 2.47. The molecule has 1 aliphatic rings. The molecule has 1 aromatic rings. The Kier molecular flexibility index (Phi) is 3.92. The average molecular weight is 269 g/mol. The standard InChI is InChI=1S/C15H21F2NO/c1-9(18-13-8-14(19)15(13,2)3)7-10-11(16)5-4-6-12(10)17/h4-6,9,13-14,18-19H,7-8H2,1-3H3. The van der Waals surface area contributed by atoms with Crippen molar-refractivity contribution in [3.8, 4) is 0 Å². The second kappa shape index (κ2) is 5.17. The van der Waals surface area contributed by atoms with Crippen LogP contribution in [0.4, 0.5) is 8.78 Å². The van der Waals surface area contributed by atoms with E-state index < -0.39 is 11.6 Å². The third-order valence-electron chi connectivity index (χ3n) is 4.27. The van der Waals surface area contributed by atoms with E-state index in [-0.39, 0.29) is 29.2 Å². The minimum absolute atomic E-state index is 0.0387. The number of benzene rings is 1. The van der Waals surface area contributed by atoms with Gasteiger partial charge in [0.25, 0.3) is 0 Å². The molecule has 0 bridgehead atoms. The summed E-state index contributed by atoms with van der Waals surface area (Å²) in [6.45, 7) is 5.90. The topological polar surface area (TPSA) is 32.3 Å². The predicted molar refractivity (Wildman–Crippen MR) is 70.9 cm³/mol. The molecule has 106 valence electrons. The van der Waals surface area contributed by atoms with Gasteiger partial charge in [0.05, 0.1) is 6.10 Å². The second-order valence-electron chi connectivity index (χ2n) is 6.10. The Hall–Kier alpha value is -1.00. The zero-order valence-electron chi connectivity index (χ0n) is 11.6. The lowest BCUT2D eigenvalue weighted by Gasteiger charge is -2.50. The van der Waals surface area contributed by atoms with Crippen molar-refractivity contribution in [3.63, 3.8) is 0 Å². The molecule has 0 saturated heterocycles. The highest BCUT2D eigenvalue weighted by Crippen LogP contribution is 2.40. The van der Waals surface area contributed by atoms with Crippen molar-refractivity contribution in [2.75, 3.05) is 0 Å². The summed E-state index contributed by atoms with van der Waals surface area (Å²) in [7, 11) is 0. The molecule has 0 heterocycles. The van der Waals surface area contributed by atoms with Crippen LogP contribution in [0.1, 0.15) is 32.8 Å². The van der Waals surface area contributed by atoms with Gasteiger partial charge in [-0.2, -0.15) is 0 Å². The molecule has 2 nitrogen and oxygen atoms in total. The highest BCUT2D eigenvalue weighted by molar-refractivity contribution is 5.20. The van der Waals surface area contributed by atoms with E-state index in [0.717, 1.165) is 0 Å². The molecular formula is C15H21F2NO. The minimum Gasteiger partial charge on any atom is -0.392 e. The van der Waals surface area contributed by atoms with Crippen LogP contribution in [-0.2, 0) is 6.42 Å². The van der Waals surface area contributed by atoms with Gasteiger partial charge in [-0.15, -0.1) is 0 Å². The van der Waals surface area contributed by atoms with Crippen LogP contribution in [-0.4, -0.2) is 23.3 Å². The molecule has 2 N–H and O–H groups in total. The van der Waals surface area contributed by atoms with Gasteiger partial charge < -0.3 is 10.4 Å². The first-order chi connectivity index (χ1) is 8.82. The van der Waals surface area contributed by atoms with Crippen LogP contribution in [0.5, 0.6) is 0 Å². The third kappa shape index (κ3) is 2.79. The van der Waals surface area contributed by atoms with Gasteiger partial charge in [0.2, 0.25) is 0 Å². The Morgan fingerprint density at radius 3 is 2.42 bits per heavy atom. The lowest BCUT2D eigenvalue weighted by Crippen LogP contribution is -2.61. The Morgan fingerprint density at radius 2 is 1.95 bits per heavy atom. The van der Waals surface area contributed by atoms with Gasteiger partial charge >= 0.3 is 0 Å². The number of aliphatic hydroxyl groups is 1. The molecule has 3 atom stereocenters. The Morgan fingerprint density at radius 1 is 1.37 bits per heavy atom. The third-order valence-corrected chi connectivity index (χ3v) is 4.27. The number of hydrogen-bond acceptors (Lipinski definition) is 2. The van der Waals surface area contributed by atoms with Crippen LogP contribution in [0.2, 0.25) is 0 Å². The van der Waals surface area contributed by atoms with Crippen molar-refractivity contribution >= 4 is 0 Å². The Labute approximate surface area is 112 Å². The lowest BCUT2D eigenvalue weighted by atomic mass is 9.64.